The molecule has 4 rings (SSSR count). The predicted octanol–water partition coefficient (Wildman–Crippen LogP) is 3.22. The Kier molecular flexibility index (Phi) is 5.62. The van der Waals surface area contributed by atoms with E-state index in [-0.39, 0.29) is 0 Å². The Labute approximate surface area is 169 Å². The molecule has 150 valence electrons. The maximum atomic E-state index is 5.61. The molecule has 0 saturated heterocycles. The molecule has 0 aromatic carbocycles. The molecule has 29 heavy (non-hydrogen) atoms. The molecule has 3 heterocycles. The van der Waals surface area contributed by atoms with Gasteiger partial charge in [-0.05, 0) is 51.5 Å². The summed E-state index contributed by atoms with van der Waals surface area (Å²) in [5, 5.41) is 0. The van der Waals surface area contributed by atoms with Gasteiger partial charge < -0.3 is 4.74 Å². The second-order valence-corrected chi connectivity index (χ2v) is 7.16. The lowest BCUT2D eigenvalue weighted by molar-refractivity contribution is -0.0214. The summed E-state index contributed by atoms with van der Waals surface area (Å²) in [6.45, 7) is 9.21. The van der Waals surface area contributed by atoms with Gasteiger partial charge in [0.1, 0.15) is 5.52 Å². The van der Waals surface area contributed by atoms with E-state index in [1.165, 1.54) is 0 Å². The number of hydrogen-bond donors (Lipinski definition) is 1. The number of pyridine rings is 1. The van der Waals surface area contributed by atoms with Crippen LogP contribution in [0.4, 0.5) is 0 Å². The van der Waals surface area contributed by atoms with E-state index >= 15 is 0 Å². The molecule has 3 aromatic heterocycles. The van der Waals surface area contributed by atoms with Gasteiger partial charge in [-0.1, -0.05) is 0 Å². The summed E-state index contributed by atoms with van der Waals surface area (Å²) in [4.78, 5) is 21.6. The van der Waals surface area contributed by atoms with Crippen molar-refractivity contribution in [3.05, 3.63) is 42.6 Å². The van der Waals surface area contributed by atoms with E-state index in [1.54, 1.807) is 12.4 Å². The van der Waals surface area contributed by atoms with Crippen LogP contribution in [0.15, 0.2) is 46.9 Å². The third-order valence-electron chi connectivity index (χ3n) is 5.24. The fourth-order valence-electron chi connectivity index (χ4n) is 3.58. The molecule has 8 heteroatoms. The van der Waals surface area contributed by atoms with Crippen molar-refractivity contribution >= 4 is 23.8 Å². The number of fused-ring (bicyclic) bond motifs is 1. The molecule has 0 atom stereocenters. The van der Waals surface area contributed by atoms with Gasteiger partial charge in [0.15, 0.2) is 5.65 Å². The summed E-state index contributed by atoms with van der Waals surface area (Å²) in [5.74, 6) is 1.06. The fourth-order valence-corrected chi connectivity index (χ4v) is 3.58. The molecule has 1 saturated carbocycles. The van der Waals surface area contributed by atoms with Gasteiger partial charge in [-0.15, -0.1) is 0 Å². The van der Waals surface area contributed by atoms with Crippen molar-refractivity contribution in [1.82, 2.24) is 19.6 Å². The van der Waals surface area contributed by atoms with Crippen LogP contribution in [-0.4, -0.2) is 51.6 Å². The summed E-state index contributed by atoms with van der Waals surface area (Å²) in [5.41, 5.74) is 7.69. The van der Waals surface area contributed by atoms with Crippen LogP contribution in [0.1, 0.15) is 25.5 Å². The Bertz CT molecular complexity index is 1040. The van der Waals surface area contributed by atoms with Crippen LogP contribution in [0.5, 0.6) is 0 Å². The van der Waals surface area contributed by atoms with Crippen LogP contribution >= 0.6 is 0 Å². The molecule has 0 radical (unpaired) electrons. The highest BCUT2D eigenvalue weighted by Gasteiger charge is 2.29. The van der Waals surface area contributed by atoms with Crippen LogP contribution in [-0.2, 0) is 4.74 Å². The van der Waals surface area contributed by atoms with Gasteiger partial charge in [0.25, 0.3) is 0 Å². The molecular weight excluding hydrogens is 366 g/mol. The zero-order valence-electron chi connectivity index (χ0n) is 16.7. The van der Waals surface area contributed by atoms with E-state index in [4.69, 9.17) is 4.74 Å². The second kappa shape index (κ2) is 8.48. The van der Waals surface area contributed by atoms with E-state index in [9.17, 15) is 0 Å². The maximum Gasteiger partial charge on any atom is 0.236 e. The molecule has 1 aliphatic carbocycles. The first-order valence-electron chi connectivity index (χ1n) is 9.82. The molecular formula is C21H25N7O. The first-order chi connectivity index (χ1) is 14.2. The summed E-state index contributed by atoms with van der Waals surface area (Å²) in [7, 11) is 0. The van der Waals surface area contributed by atoms with E-state index in [1.807, 2.05) is 43.0 Å². The number of hydrogen-bond acceptors (Lipinski definition) is 5. The minimum atomic E-state index is 0.391. The van der Waals surface area contributed by atoms with Crippen LogP contribution < -0.4 is 5.43 Å². The van der Waals surface area contributed by atoms with Crippen molar-refractivity contribution in [1.29, 1.82) is 0 Å². The third-order valence-corrected chi connectivity index (χ3v) is 5.24. The van der Waals surface area contributed by atoms with Gasteiger partial charge in [0.05, 0.1) is 6.10 Å². The van der Waals surface area contributed by atoms with Crippen LogP contribution in [0, 0.1) is 12.8 Å². The van der Waals surface area contributed by atoms with Gasteiger partial charge >= 0.3 is 0 Å². The van der Waals surface area contributed by atoms with Crippen molar-refractivity contribution in [3.8, 4) is 11.1 Å². The number of aliphatic imine (C=N–C) groups is 2. The number of ether oxygens (including phenoxy) is 1. The second-order valence-electron chi connectivity index (χ2n) is 7.16. The van der Waals surface area contributed by atoms with Gasteiger partial charge in [-0.2, -0.15) is 0 Å². The first kappa shape index (κ1) is 19.2. The lowest BCUT2D eigenvalue weighted by Gasteiger charge is -2.33. The molecule has 0 aliphatic heterocycles. The van der Waals surface area contributed by atoms with E-state index in [2.05, 4.69) is 37.1 Å². The van der Waals surface area contributed by atoms with E-state index < -0.39 is 0 Å². The van der Waals surface area contributed by atoms with Crippen LogP contribution in [0.3, 0.4) is 0 Å². The minimum absolute atomic E-state index is 0.391. The molecule has 0 spiro atoms. The topological polar surface area (TPSA) is 89.6 Å². The Balaban J connectivity index is 1.46. The van der Waals surface area contributed by atoms with Gasteiger partial charge in [0, 0.05) is 54.8 Å². The Morgan fingerprint density at radius 1 is 1.31 bits per heavy atom. The van der Waals surface area contributed by atoms with Gasteiger partial charge in [-0.3, -0.25) is 15.1 Å². The molecule has 8 nitrogen and oxygen atoms in total. The van der Waals surface area contributed by atoms with Crippen molar-refractivity contribution in [2.24, 2.45) is 15.9 Å². The molecule has 0 unspecified atom stereocenters. The summed E-state index contributed by atoms with van der Waals surface area (Å²) < 4.78 is 7.50. The number of nitrogens with one attached hydrogen (secondary N) is 1. The predicted molar refractivity (Wildman–Crippen MR) is 115 cm³/mol. The largest absolute Gasteiger partial charge is 0.378 e. The number of rotatable bonds is 6. The molecule has 3 aromatic rings. The van der Waals surface area contributed by atoms with Crippen LogP contribution in [0.25, 0.3) is 22.3 Å². The number of nitrogens with zero attached hydrogens (tertiary/aromatic N) is 6. The highest BCUT2D eigenvalue weighted by Crippen LogP contribution is 2.30. The standard InChI is InChI=1S/C21H25N7O/c1-4-29-17-9-15(10-17)12-26-21(22-3)27-28-8-5-18(14(28)2)16-11-19-20(25-13-16)24-7-6-23-19/h5-8,11,13,15,17H,3-4,9-10,12H2,1-2H3,(H,26,27). The summed E-state index contributed by atoms with van der Waals surface area (Å²) >= 11 is 0. The number of guanidine groups is 1. The third kappa shape index (κ3) is 4.17. The molecule has 1 aliphatic rings. The van der Waals surface area contributed by atoms with Crippen molar-refractivity contribution in [2.75, 3.05) is 18.6 Å². The van der Waals surface area contributed by atoms with E-state index in [0.29, 0.717) is 23.6 Å². The monoisotopic (exact) mass is 391 g/mol. The number of aromatic nitrogens is 4. The average molecular weight is 391 g/mol. The van der Waals surface area contributed by atoms with Gasteiger partial charge in [0.2, 0.25) is 5.96 Å². The normalized spacial score (nSPS) is 19.2. The van der Waals surface area contributed by atoms with Crippen molar-refractivity contribution in [3.63, 3.8) is 0 Å². The summed E-state index contributed by atoms with van der Waals surface area (Å²) in [6.07, 6.45) is 9.59. The zero-order chi connectivity index (χ0) is 20.2. The Hall–Kier alpha value is -3.13. The quantitative estimate of drug-likeness (QED) is 0.515. The lowest BCUT2D eigenvalue weighted by atomic mass is 9.82. The smallest absolute Gasteiger partial charge is 0.236 e. The SMILES string of the molecule is C=NC(=NCC1CC(OCC)C1)Nn1ccc(-c2cnc3nccnc3c2)c1C. The van der Waals surface area contributed by atoms with Gasteiger partial charge in [-0.25, -0.2) is 20.0 Å². The highest BCUT2D eigenvalue weighted by atomic mass is 16.5. The average Bonchev–Trinajstić information content (AvgIpc) is 3.08. The van der Waals surface area contributed by atoms with Crippen molar-refractivity contribution in [2.45, 2.75) is 32.8 Å². The van der Waals surface area contributed by atoms with E-state index in [0.717, 1.165) is 48.3 Å². The molecule has 1 N–H and O–H groups in total. The first-order valence-corrected chi connectivity index (χ1v) is 9.82. The Morgan fingerprint density at radius 3 is 2.93 bits per heavy atom. The minimum Gasteiger partial charge on any atom is -0.378 e. The maximum absolute atomic E-state index is 5.61. The molecule has 1 fully saturated rings. The molecule has 0 bridgehead atoms. The highest BCUT2D eigenvalue weighted by molar-refractivity contribution is 5.91. The molecule has 0 amide bonds. The fraction of sp³-hybridized carbons (Fsp3) is 0.381. The van der Waals surface area contributed by atoms with Crippen molar-refractivity contribution < 1.29 is 4.74 Å². The summed E-state index contributed by atoms with van der Waals surface area (Å²) in [6, 6.07) is 4.02. The lowest BCUT2D eigenvalue weighted by Crippen LogP contribution is -2.33. The van der Waals surface area contributed by atoms with Crippen LogP contribution in [0.2, 0.25) is 0 Å². The Morgan fingerprint density at radius 2 is 2.14 bits per heavy atom. The zero-order valence-corrected chi connectivity index (χ0v) is 16.7.